The van der Waals surface area contributed by atoms with Crippen LogP contribution in [0.15, 0.2) is 47.5 Å². The second-order valence-corrected chi connectivity index (χ2v) is 7.22. The minimum atomic E-state index is -0.733. The highest BCUT2D eigenvalue weighted by Gasteiger charge is 2.36. The number of nitrogens with two attached hydrogens (primary N) is 1. The Morgan fingerprint density at radius 1 is 1.10 bits per heavy atom. The molecule has 0 aliphatic carbocycles. The fourth-order valence-electron chi connectivity index (χ4n) is 3.36. The molecule has 4 N–H and O–H groups in total. The number of rotatable bonds is 4. The Morgan fingerprint density at radius 2 is 1.83 bits per heavy atom. The van der Waals surface area contributed by atoms with Crippen molar-refractivity contribution in [1.82, 2.24) is 10.2 Å². The summed E-state index contributed by atoms with van der Waals surface area (Å²) in [4.78, 5) is 43.0. The summed E-state index contributed by atoms with van der Waals surface area (Å²) in [7, 11) is 0. The minimum absolute atomic E-state index is 0.0772. The predicted molar refractivity (Wildman–Crippen MR) is 109 cm³/mol. The van der Waals surface area contributed by atoms with Crippen molar-refractivity contribution in [2.45, 2.75) is 32.5 Å². The second kappa shape index (κ2) is 7.14. The number of hydrogen-bond donors (Lipinski definition) is 3. The summed E-state index contributed by atoms with van der Waals surface area (Å²) in [6.07, 6.45) is 0. The summed E-state index contributed by atoms with van der Waals surface area (Å²) < 4.78 is 0. The van der Waals surface area contributed by atoms with Crippen LogP contribution < -0.4 is 16.4 Å². The van der Waals surface area contributed by atoms with Crippen molar-refractivity contribution in [3.63, 3.8) is 0 Å². The lowest BCUT2D eigenvalue weighted by Crippen LogP contribution is -2.47. The van der Waals surface area contributed by atoms with Crippen LogP contribution in [0.2, 0.25) is 0 Å². The van der Waals surface area contributed by atoms with E-state index in [1.165, 1.54) is 0 Å². The van der Waals surface area contributed by atoms with Crippen molar-refractivity contribution >= 4 is 34.9 Å². The monoisotopic (exact) mass is 391 g/mol. The number of amidine groups is 1. The molecule has 0 unspecified atom stereocenters. The first-order chi connectivity index (χ1) is 13.8. The molecule has 2 aliphatic heterocycles. The summed E-state index contributed by atoms with van der Waals surface area (Å²) >= 11 is 0. The van der Waals surface area contributed by atoms with E-state index >= 15 is 0 Å². The molecule has 2 aliphatic rings. The van der Waals surface area contributed by atoms with Crippen LogP contribution >= 0.6 is 0 Å². The number of aliphatic imine (C=N–C) groups is 1. The van der Waals surface area contributed by atoms with E-state index in [0.29, 0.717) is 23.6 Å². The van der Waals surface area contributed by atoms with Crippen molar-refractivity contribution < 1.29 is 14.4 Å². The first kappa shape index (κ1) is 18.8. The minimum Gasteiger partial charge on any atom is -0.343 e. The second-order valence-electron chi connectivity index (χ2n) is 7.22. The summed E-state index contributed by atoms with van der Waals surface area (Å²) in [5.74, 6) is -0.176. The van der Waals surface area contributed by atoms with Crippen molar-refractivity contribution in [2.24, 2.45) is 10.7 Å². The van der Waals surface area contributed by atoms with Gasteiger partial charge in [-0.2, -0.15) is 0 Å². The van der Waals surface area contributed by atoms with Crippen molar-refractivity contribution in [3.05, 3.63) is 59.2 Å². The van der Waals surface area contributed by atoms with Crippen LogP contribution in [0.4, 0.5) is 11.4 Å². The lowest BCUT2D eigenvalue weighted by Gasteiger charge is -2.24. The Hall–Kier alpha value is -3.52. The number of fused-ring (bicyclic) bond motifs is 4. The topological polar surface area (TPSA) is 117 Å². The van der Waals surface area contributed by atoms with Crippen molar-refractivity contribution in [1.29, 1.82) is 0 Å². The van der Waals surface area contributed by atoms with Crippen LogP contribution in [0.3, 0.4) is 0 Å². The molecule has 3 amide bonds. The van der Waals surface area contributed by atoms with Gasteiger partial charge >= 0.3 is 0 Å². The normalized spacial score (nSPS) is 16.2. The van der Waals surface area contributed by atoms with Gasteiger partial charge in [0.25, 0.3) is 5.91 Å². The Morgan fingerprint density at radius 3 is 2.55 bits per heavy atom. The molecule has 2 atom stereocenters. The van der Waals surface area contributed by atoms with Gasteiger partial charge in [-0.1, -0.05) is 18.2 Å². The quantitative estimate of drug-likeness (QED) is 0.733. The molecular weight excluding hydrogens is 370 g/mol. The number of carbonyl (C=O) groups is 3. The van der Waals surface area contributed by atoms with Gasteiger partial charge in [0.05, 0.1) is 23.8 Å². The van der Waals surface area contributed by atoms with Crippen LogP contribution in [0.1, 0.15) is 35.3 Å². The van der Waals surface area contributed by atoms with E-state index in [4.69, 9.17) is 5.73 Å². The highest BCUT2D eigenvalue weighted by molar-refractivity contribution is 6.24. The molecule has 0 aromatic heterocycles. The van der Waals surface area contributed by atoms with Crippen LogP contribution in [0, 0.1) is 0 Å². The molecule has 4 rings (SSSR count). The third-order valence-electron chi connectivity index (χ3n) is 4.97. The lowest BCUT2D eigenvalue weighted by molar-refractivity contribution is -0.126. The molecule has 0 saturated carbocycles. The summed E-state index contributed by atoms with van der Waals surface area (Å²) in [5.41, 5.74) is 9.15. The zero-order valence-electron chi connectivity index (χ0n) is 16.1. The van der Waals surface area contributed by atoms with E-state index in [9.17, 15) is 14.4 Å². The van der Waals surface area contributed by atoms with Crippen molar-refractivity contribution in [3.8, 4) is 0 Å². The fourth-order valence-corrected chi connectivity index (χ4v) is 3.36. The predicted octanol–water partition coefficient (Wildman–Crippen LogP) is 1.52. The number of carbonyl (C=O) groups excluding carboxylic acids is 3. The van der Waals surface area contributed by atoms with E-state index in [0.717, 1.165) is 16.8 Å². The molecule has 2 heterocycles. The maximum absolute atomic E-state index is 12.7. The van der Waals surface area contributed by atoms with Gasteiger partial charge < -0.3 is 16.4 Å². The summed E-state index contributed by atoms with van der Waals surface area (Å²) in [6, 6.07) is 11.3. The van der Waals surface area contributed by atoms with E-state index in [1.54, 1.807) is 36.9 Å². The molecule has 2 aromatic rings. The molecule has 8 nitrogen and oxygen atoms in total. The molecule has 8 heteroatoms. The molecule has 29 heavy (non-hydrogen) atoms. The number of benzene rings is 2. The molecule has 0 spiro atoms. The fraction of sp³-hybridized carbons (Fsp3) is 0.238. The maximum atomic E-state index is 12.7. The third kappa shape index (κ3) is 3.38. The Balaban J connectivity index is 1.53. The largest absolute Gasteiger partial charge is 0.343 e. The van der Waals surface area contributed by atoms with Crippen molar-refractivity contribution in [2.75, 3.05) is 5.32 Å². The van der Waals surface area contributed by atoms with Gasteiger partial charge in [0.2, 0.25) is 11.8 Å². The smallest absolute Gasteiger partial charge is 0.260 e. The molecule has 0 bridgehead atoms. The Labute approximate surface area is 167 Å². The average Bonchev–Trinajstić information content (AvgIpc) is 2.98. The van der Waals surface area contributed by atoms with E-state index in [1.807, 2.05) is 24.3 Å². The first-order valence-electron chi connectivity index (χ1n) is 9.35. The van der Waals surface area contributed by atoms with Gasteiger partial charge in [-0.25, -0.2) is 4.99 Å². The molecular formula is C21H21N5O3. The molecule has 2 aromatic carbocycles. The maximum Gasteiger partial charge on any atom is 0.260 e. The Kier molecular flexibility index (Phi) is 4.63. The van der Waals surface area contributed by atoms with Crippen LogP contribution in [-0.2, 0) is 16.1 Å². The van der Waals surface area contributed by atoms with Gasteiger partial charge in [0, 0.05) is 11.3 Å². The highest BCUT2D eigenvalue weighted by atomic mass is 16.2. The molecule has 0 radical (unpaired) electrons. The van der Waals surface area contributed by atoms with Gasteiger partial charge in [-0.3, -0.25) is 19.3 Å². The molecule has 0 fully saturated rings. The van der Waals surface area contributed by atoms with Gasteiger partial charge in [0.1, 0.15) is 11.9 Å². The lowest BCUT2D eigenvalue weighted by atomic mass is 10.1. The highest BCUT2D eigenvalue weighted by Crippen LogP contribution is 2.35. The van der Waals surface area contributed by atoms with Gasteiger partial charge in [-0.15, -0.1) is 0 Å². The van der Waals surface area contributed by atoms with E-state index in [-0.39, 0.29) is 11.8 Å². The van der Waals surface area contributed by atoms with Gasteiger partial charge in [0.15, 0.2) is 0 Å². The van der Waals surface area contributed by atoms with E-state index in [2.05, 4.69) is 15.6 Å². The SMILES string of the molecule is C[C@@H](N)C(=O)N[C@H](C)C(=O)Nc1ccc2c(c1)CN1C(=O)c3ccccc3C1=N2. The Bertz CT molecular complexity index is 1060. The number of amides is 3. The standard InChI is InChI=1S/C21H21N5O3/c1-11(22)19(27)23-12(2)20(28)24-14-7-8-17-13(9-14)10-26-18(25-17)15-5-3-4-6-16(15)21(26)29/h3-9,11-12H,10,22H2,1-2H3,(H,23,27)(H,24,28)/t11-,12-/m1/s1. The van der Waals surface area contributed by atoms with Crippen LogP contribution in [0.25, 0.3) is 0 Å². The number of nitrogens with zero attached hydrogens (tertiary/aromatic N) is 2. The van der Waals surface area contributed by atoms with Crippen LogP contribution in [0.5, 0.6) is 0 Å². The van der Waals surface area contributed by atoms with Crippen LogP contribution in [-0.4, -0.2) is 40.5 Å². The zero-order chi connectivity index (χ0) is 20.7. The summed E-state index contributed by atoms with van der Waals surface area (Å²) in [5, 5.41) is 5.33. The number of hydrogen-bond acceptors (Lipinski definition) is 5. The summed E-state index contributed by atoms with van der Waals surface area (Å²) in [6.45, 7) is 3.52. The number of nitrogens with one attached hydrogen (secondary N) is 2. The molecule has 148 valence electrons. The zero-order valence-corrected chi connectivity index (χ0v) is 16.1. The molecule has 0 saturated heterocycles. The number of anilines is 1. The van der Waals surface area contributed by atoms with Gasteiger partial charge in [-0.05, 0) is 43.7 Å². The van der Waals surface area contributed by atoms with E-state index < -0.39 is 18.0 Å². The average molecular weight is 391 g/mol. The first-order valence-corrected chi connectivity index (χ1v) is 9.35. The third-order valence-corrected chi connectivity index (χ3v) is 4.97.